The summed E-state index contributed by atoms with van der Waals surface area (Å²) in [7, 11) is 0. The van der Waals surface area contributed by atoms with E-state index < -0.39 is 0 Å². The highest BCUT2D eigenvalue weighted by Gasteiger charge is 2.20. The maximum absolute atomic E-state index is 4.24. The number of aliphatic imine (C=N–C) groups is 1. The molecule has 0 atom stereocenters. The third-order valence-corrected chi connectivity index (χ3v) is 3.10. The lowest BCUT2D eigenvalue weighted by Crippen LogP contribution is -2.35. The summed E-state index contributed by atoms with van der Waals surface area (Å²) in [6.07, 6.45) is 3.15. The summed E-state index contributed by atoms with van der Waals surface area (Å²) in [4.78, 5) is 8.95. The molecule has 0 aliphatic carbocycles. The van der Waals surface area contributed by atoms with Crippen LogP contribution in [0.4, 0.5) is 5.69 Å². The van der Waals surface area contributed by atoms with E-state index in [1.807, 2.05) is 6.34 Å². The lowest BCUT2D eigenvalue weighted by molar-refractivity contribution is 0.462. The van der Waals surface area contributed by atoms with Gasteiger partial charge in [-0.25, -0.2) is 0 Å². The fourth-order valence-corrected chi connectivity index (χ4v) is 2.30. The highest BCUT2D eigenvalue weighted by Crippen LogP contribution is 2.27. The van der Waals surface area contributed by atoms with Gasteiger partial charge in [-0.1, -0.05) is 18.2 Å². The van der Waals surface area contributed by atoms with Crippen LogP contribution in [0.2, 0.25) is 0 Å². The van der Waals surface area contributed by atoms with Crippen LogP contribution in [0.1, 0.15) is 5.56 Å². The maximum Gasteiger partial charge on any atom is 0.0912 e. The van der Waals surface area contributed by atoms with E-state index in [9.17, 15) is 0 Å². The summed E-state index contributed by atoms with van der Waals surface area (Å²) < 4.78 is 0. The fraction of sp³-hybridized carbons (Fsp3) is 0.417. The minimum Gasteiger partial charge on any atom is -0.353 e. The van der Waals surface area contributed by atoms with Crippen molar-refractivity contribution < 1.29 is 0 Å². The predicted octanol–water partition coefficient (Wildman–Crippen LogP) is 1.35. The quantitative estimate of drug-likeness (QED) is 0.719. The first-order chi connectivity index (χ1) is 7.43. The molecule has 0 N–H and O–H groups in total. The Morgan fingerprint density at radius 1 is 1.20 bits per heavy atom. The Morgan fingerprint density at radius 2 is 2.13 bits per heavy atom. The number of hydrogen-bond acceptors (Lipinski definition) is 3. The van der Waals surface area contributed by atoms with E-state index in [1.54, 1.807) is 0 Å². The monoisotopic (exact) mass is 201 g/mol. The topological polar surface area (TPSA) is 18.8 Å². The molecule has 3 nitrogen and oxygen atoms in total. The molecule has 3 rings (SSSR count). The Bertz CT molecular complexity index is 386. The zero-order chi connectivity index (χ0) is 10.1. The second-order valence-electron chi connectivity index (χ2n) is 4.12. The Kier molecular flexibility index (Phi) is 2.09. The number of benzene rings is 1. The van der Waals surface area contributed by atoms with E-state index in [0.29, 0.717) is 0 Å². The van der Waals surface area contributed by atoms with E-state index in [0.717, 1.165) is 26.3 Å². The summed E-state index contributed by atoms with van der Waals surface area (Å²) >= 11 is 0. The fourth-order valence-electron chi connectivity index (χ4n) is 2.30. The number of fused-ring (bicyclic) bond motifs is 1. The van der Waals surface area contributed by atoms with E-state index in [4.69, 9.17) is 0 Å². The molecule has 0 aromatic heterocycles. The Balaban J connectivity index is 1.76. The SMILES string of the molecule is C1=NCCN1CN1CCc2ccccc21. The molecule has 0 amide bonds. The van der Waals surface area contributed by atoms with Gasteiger partial charge in [0.05, 0.1) is 19.6 Å². The van der Waals surface area contributed by atoms with Crippen molar-refractivity contribution in [2.75, 3.05) is 31.2 Å². The average molecular weight is 201 g/mol. The van der Waals surface area contributed by atoms with E-state index in [-0.39, 0.29) is 0 Å². The lowest BCUT2D eigenvalue weighted by Gasteiger charge is -2.25. The van der Waals surface area contributed by atoms with Gasteiger partial charge in [-0.3, -0.25) is 4.99 Å². The van der Waals surface area contributed by atoms with E-state index >= 15 is 0 Å². The van der Waals surface area contributed by atoms with Gasteiger partial charge in [-0.05, 0) is 18.1 Å². The summed E-state index contributed by atoms with van der Waals surface area (Å²) in [5.41, 5.74) is 2.88. The van der Waals surface area contributed by atoms with Crippen LogP contribution in [-0.4, -0.2) is 37.5 Å². The second-order valence-corrected chi connectivity index (χ2v) is 4.12. The summed E-state index contributed by atoms with van der Waals surface area (Å²) in [5, 5.41) is 0. The number of rotatable bonds is 2. The van der Waals surface area contributed by atoms with Gasteiger partial charge in [-0.2, -0.15) is 0 Å². The van der Waals surface area contributed by atoms with Crippen LogP contribution in [0.25, 0.3) is 0 Å². The number of para-hydroxylation sites is 1. The van der Waals surface area contributed by atoms with Crippen LogP contribution in [0.5, 0.6) is 0 Å². The molecule has 3 heteroatoms. The van der Waals surface area contributed by atoms with Crippen molar-refractivity contribution >= 4 is 12.0 Å². The second kappa shape index (κ2) is 3.57. The molecule has 78 valence electrons. The van der Waals surface area contributed by atoms with Crippen LogP contribution in [-0.2, 0) is 6.42 Å². The van der Waals surface area contributed by atoms with E-state index in [1.165, 1.54) is 17.7 Å². The van der Waals surface area contributed by atoms with Gasteiger partial charge in [0.1, 0.15) is 0 Å². The molecule has 15 heavy (non-hydrogen) atoms. The zero-order valence-electron chi connectivity index (χ0n) is 8.76. The number of anilines is 1. The molecule has 0 spiro atoms. The molecule has 2 aliphatic rings. The molecule has 1 aromatic rings. The molecule has 1 aromatic carbocycles. The number of nitrogens with zero attached hydrogens (tertiary/aromatic N) is 3. The first kappa shape index (κ1) is 8.77. The smallest absolute Gasteiger partial charge is 0.0912 e. The molecule has 2 heterocycles. The molecular weight excluding hydrogens is 186 g/mol. The van der Waals surface area contributed by atoms with Crippen LogP contribution in [0, 0.1) is 0 Å². The first-order valence-electron chi connectivity index (χ1n) is 5.50. The number of hydrogen-bond donors (Lipinski definition) is 0. The summed E-state index contributed by atoms with van der Waals surface area (Å²) in [5.74, 6) is 0. The highest BCUT2D eigenvalue weighted by molar-refractivity contribution is 5.61. The third-order valence-electron chi connectivity index (χ3n) is 3.10. The normalized spacial score (nSPS) is 18.7. The van der Waals surface area contributed by atoms with Gasteiger partial charge in [-0.15, -0.1) is 0 Å². The van der Waals surface area contributed by atoms with Crippen molar-refractivity contribution in [2.45, 2.75) is 6.42 Å². The highest BCUT2D eigenvalue weighted by atomic mass is 15.3. The van der Waals surface area contributed by atoms with Gasteiger partial charge >= 0.3 is 0 Å². The Hall–Kier alpha value is -1.51. The molecule has 0 saturated carbocycles. The molecule has 0 radical (unpaired) electrons. The van der Waals surface area contributed by atoms with Crippen LogP contribution in [0.15, 0.2) is 29.3 Å². The molecule has 0 saturated heterocycles. The van der Waals surface area contributed by atoms with Crippen LogP contribution >= 0.6 is 0 Å². The molecule has 2 aliphatic heterocycles. The molecule has 0 fully saturated rings. The maximum atomic E-state index is 4.24. The van der Waals surface area contributed by atoms with Crippen molar-refractivity contribution in [1.82, 2.24) is 4.90 Å². The van der Waals surface area contributed by atoms with Crippen molar-refractivity contribution in [3.8, 4) is 0 Å². The first-order valence-corrected chi connectivity index (χ1v) is 5.50. The molecular formula is C12H15N3. The third kappa shape index (κ3) is 1.58. The van der Waals surface area contributed by atoms with Gasteiger partial charge in [0, 0.05) is 18.8 Å². The lowest BCUT2D eigenvalue weighted by atomic mass is 10.2. The average Bonchev–Trinajstić information content (AvgIpc) is 2.89. The van der Waals surface area contributed by atoms with Crippen LogP contribution in [0.3, 0.4) is 0 Å². The Labute approximate surface area is 90.0 Å². The van der Waals surface area contributed by atoms with Crippen molar-refractivity contribution in [3.63, 3.8) is 0 Å². The minimum absolute atomic E-state index is 0.954. The summed E-state index contributed by atoms with van der Waals surface area (Å²) in [6.45, 7) is 4.15. The largest absolute Gasteiger partial charge is 0.353 e. The minimum atomic E-state index is 0.954. The van der Waals surface area contributed by atoms with Gasteiger partial charge < -0.3 is 9.80 Å². The van der Waals surface area contributed by atoms with Crippen molar-refractivity contribution in [1.29, 1.82) is 0 Å². The van der Waals surface area contributed by atoms with Gasteiger partial charge in [0.2, 0.25) is 0 Å². The van der Waals surface area contributed by atoms with E-state index in [2.05, 4.69) is 39.1 Å². The van der Waals surface area contributed by atoms with Crippen molar-refractivity contribution in [3.05, 3.63) is 29.8 Å². The zero-order valence-corrected chi connectivity index (χ0v) is 8.76. The molecule has 0 unspecified atom stereocenters. The van der Waals surface area contributed by atoms with Gasteiger partial charge in [0.15, 0.2) is 0 Å². The Morgan fingerprint density at radius 3 is 3.00 bits per heavy atom. The van der Waals surface area contributed by atoms with Crippen LogP contribution < -0.4 is 4.90 Å². The molecule has 0 bridgehead atoms. The standard InChI is InChI=1S/C12H15N3/c1-2-4-12-11(3-1)5-7-15(12)10-14-8-6-13-9-14/h1-4,9H,5-8,10H2. The van der Waals surface area contributed by atoms with Gasteiger partial charge in [0.25, 0.3) is 0 Å². The summed E-state index contributed by atoms with van der Waals surface area (Å²) in [6, 6.07) is 8.69. The predicted molar refractivity (Wildman–Crippen MR) is 62.4 cm³/mol. The van der Waals surface area contributed by atoms with Crippen molar-refractivity contribution in [2.24, 2.45) is 4.99 Å².